The summed E-state index contributed by atoms with van der Waals surface area (Å²) >= 11 is 0. The molecule has 19 heavy (non-hydrogen) atoms. The summed E-state index contributed by atoms with van der Waals surface area (Å²) < 4.78 is 5.83. The molecule has 1 fully saturated rings. The first-order valence-electron chi connectivity index (χ1n) is 6.52. The van der Waals surface area contributed by atoms with Crippen LogP contribution in [0.15, 0.2) is 24.3 Å². The van der Waals surface area contributed by atoms with Crippen LogP contribution >= 0.6 is 24.8 Å². The maximum atomic E-state index is 5.83. The SMILES string of the molecule is CCCOc1ccccc1N1CCNC[C@H]1C.Cl.Cl. The molecule has 0 radical (unpaired) electrons. The Labute approximate surface area is 128 Å². The Hall–Kier alpha value is -0.640. The Morgan fingerprint density at radius 1 is 1.32 bits per heavy atom. The highest BCUT2D eigenvalue weighted by molar-refractivity contribution is 5.85. The fourth-order valence-electron chi connectivity index (χ4n) is 2.23. The topological polar surface area (TPSA) is 24.5 Å². The fourth-order valence-corrected chi connectivity index (χ4v) is 2.23. The Kier molecular flexibility index (Phi) is 8.98. The van der Waals surface area contributed by atoms with E-state index in [-0.39, 0.29) is 24.8 Å². The summed E-state index contributed by atoms with van der Waals surface area (Å²) in [6.07, 6.45) is 1.05. The molecular formula is C14H24Cl2N2O. The molecule has 0 saturated carbocycles. The lowest BCUT2D eigenvalue weighted by molar-refractivity contribution is 0.316. The number of halogens is 2. The van der Waals surface area contributed by atoms with E-state index in [1.807, 2.05) is 6.07 Å². The quantitative estimate of drug-likeness (QED) is 0.925. The first-order chi connectivity index (χ1) is 8.33. The zero-order valence-electron chi connectivity index (χ0n) is 11.6. The zero-order chi connectivity index (χ0) is 12.1. The Balaban J connectivity index is 0.00000162. The van der Waals surface area contributed by atoms with Gasteiger partial charge in [0.2, 0.25) is 0 Å². The van der Waals surface area contributed by atoms with Crippen LogP contribution in [0, 0.1) is 0 Å². The van der Waals surface area contributed by atoms with Crippen LogP contribution in [0.3, 0.4) is 0 Å². The van der Waals surface area contributed by atoms with Gasteiger partial charge in [-0.05, 0) is 25.5 Å². The molecule has 2 rings (SSSR count). The van der Waals surface area contributed by atoms with Gasteiger partial charge < -0.3 is 15.0 Å². The van der Waals surface area contributed by atoms with Crippen LogP contribution in [0.4, 0.5) is 5.69 Å². The van der Waals surface area contributed by atoms with Crippen LogP contribution in [-0.4, -0.2) is 32.3 Å². The predicted octanol–water partition coefficient (Wildman–Crippen LogP) is 3.12. The minimum Gasteiger partial charge on any atom is -0.491 e. The van der Waals surface area contributed by atoms with Crippen LogP contribution in [-0.2, 0) is 0 Å². The van der Waals surface area contributed by atoms with Gasteiger partial charge in [-0.3, -0.25) is 0 Å². The van der Waals surface area contributed by atoms with Crippen LogP contribution in [0.5, 0.6) is 5.75 Å². The standard InChI is InChI=1S/C14H22N2O.2ClH/c1-3-10-17-14-7-5-4-6-13(14)16-9-8-15-11-12(16)2;;/h4-7,12,15H,3,8-11H2,1-2H3;2*1H/t12-;;/m1../s1. The molecule has 1 N–H and O–H groups in total. The van der Waals surface area contributed by atoms with Crippen molar-refractivity contribution in [1.29, 1.82) is 0 Å². The number of anilines is 1. The average Bonchev–Trinajstić information content (AvgIpc) is 2.37. The molecular weight excluding hydrogens is 283 g/mol. The van der Waals surface area contributed by atoms with Crippen LogP contribution < -0.4 is 15.0 Å². The maximum Gasteiger partial charge on any atom is 0.142 e. The van der Waals surface area contributed by atoms with E-state index in [0.29, 0.717) is 6.04 Å². The van der Waals surface area contributed by atoms with Gasteiger partial charge in [0.15, 0.2) is 0 Å². The van der Waals surface area contributed by atoms with Crippen molar-refractivity contribution in [3.63, 3.8) is 0 Å². The van der Waals surface area contributed by atoms with Crippen molar-refractivity contribution in [3.05, 3.63) is 24.3 Å². The average molecular weight is 307 g/mol. The van der Waals surface area contributed by atoms with Gasteiger partial charge in [-0.15, -0.1) is 24.8 Å². The third-order valence-electron chi connectivity index (χ3n) is 3.14. The second-order valence-electron chi connectivity index (χ2n) is 4.56. The molecule has 1 saturated heterocycles. The molecule has 0 spiro atoms. The third kappa shape index (κ3) is 4.75. The molecule has 0 aliphatic carbocycles. The molecule has 0 unspecified atom stereocenters. The van der Waals surface area contributed by atoms with Gasteiger partial charge in [-0.2, -0.15) is 0 Å². The van der Waals surface area contributed by atoms with Gasteiger partial charge >= 0.3 is 0 Å². The summed E-state index contributed by atoms with van der Waals surface area (Å²) in [6, 6.07) is 8.88. The van der Waals surface area contributed by atoms with Crippen LogP contribution in [0.1, 0.15) is 20.3 Å². The number of hydrogen-bond acceptors (Lipinski definition) is 3. The van der Waals surface area contributed by atoms with Crippen molar-refractivity contribution in [2.75, 3.05) is 31.1 Å². The molecule has 0 bridgehead atoms. The fraction of sp³-hybridized carbons (Fsp3) is 0.571. The van der Waals surface area contributed by atoms with Crippen molar-refractivity contribution in [3.8, 4) is 5.75 Å². The van der Waals surface area contributed by atoms with Crippen molar-refractivity contribution in [1.82, 2.24) is 5.32 Å². The molecule has 3 nitrogen and oxygen atoms in total. The van der Waals surface area contributed by atoms with E-state index in [0.717, 1.165) is 38.4 Å². The molecule has 1 aromatic rings. The zero-order valence-corrected chi connectivity index (χ0v) is 13.2. The van der Waals surface area contributed by atoms with Crippen LogP contribution in [0.25, 0.3) is 0 Å². The first kappa shape index (κ1) is 18.4. The lowest BCUT2D eigenvalue weighted by atomic mass is 10.1. The van der Waals surface area contributed by atoms with Gasteiger partial charge in [0, 0.05) is 25.7 Å². The van der Waals surface area contributed by atoms with Crippen molar-refractivity contribution < 1.29 is 4.74 Å². The molecule has 110 valence electrons. The van der Waals surface area contributed by atoms with E-state index in [1.54, 1.807) is 0 Å². The minimum absolute atomic E-state index is 0. The van der Waals surface area contributed by atoms with E-state index in [2.05, 4.69) is 42.3 Å². The number of nitrogens with zero attached hydrogens (tertiary/aromatic N) is 1. The highest BCUT2D eigenvalue weighted by Crippen LogP contribution is 2.29. The van der Waals surface area contributed by atoms with E-state index in [9.17, 15) is 0 Å². The number of piperazine rings is 1. The number of para-hydroxylation sites is 2. The lowest BCUT2D eigenvalue weighted by Crippen LogP contribution is -2.50. The number of ether oxygens (including phenoxy) is 1. The van der Waals surface area contributed by atoms with Crippen molar-refractivity contribution >= 4 is 30.5 Å². The monoisotopic (exact) mass is 306 g/mol. The minimum atomic E-state index is 0. The molecule has 1 atom stereocenters. The second-order valence-corrected chi connectivity index (χ2v) is 4.56. The van der Waals surface area contributed by atoms with Gasteiger partial charge in [-0.1, -0.05) is 19.1 Å². The predicted molar refractivity (Wildman–Crippen MR) is 86.4 cm³/mol. The highest BCUT2D eigenvalue weighted by atomic mass is 35.5. The summed E-state index contributed by atoms with van der Waals surface area (Å²) in [5, 5.41) is 3.41. The summed E-state index contributed by atoms with van der Waals surface area (Å²) in [6.45, 7) is 8.32. The largest absolute Gasteiger partial charge is 0.491 e. The van der Waals surface area contributed by atoms with E-state index in [1.165, 1.54) is 5.69 Å². The second kappa shape index (κ2) is 9.29. The van der Waals surface area contributed by atoms with Gasteiger partial charge in [0.25, 0.3) is 0 Å². The Morgan fingerprint density at radius 2 is 2.05 bits per heavy atom. The summed E-state index contributed by atoms with van der Waals surface area (Å²) in [4.78, 5) is 2.43. The van der Waals surface area contributed by atoms with Crippen molar-refractivity contribution in [2.45, 2.75) is 26.3 Å². The Bertz CT molecular complexity index is 363. The molecule has 1 aromatic carbocycles. The summed E-state index contributed by atoms with van der Waals surface area (Å²) in [7, 11) is 0. The number of rotatable bonds is 4. The first-order valence-corrected chi connectivity index (χ1v) is 6.52. The molecule has 0 amide bonds. The number of benzene rings is 1. The number of nitrogens with one attached hydrogen (secondary N) is 1. The summed E-state index contributed by atoms with van der Waals surface area (Å²) in [5.74, 6) is 1.02. The van der Waals surface area contributed by atoms with Crippen LogP contribution in [0.2, 0.25) is 0 Å². The summed E-state index contributed by atoms with van der Waals surface area (Å²) in [5.41, 5.74) is 1.23. The third-order valence-corrected chi connectivity index (χ3v) is 3.14. The lowest BCUT2D eigenvalue weighted by Gasteiger charge is -2.36. The van der Waals surface area contributed by atoms with E-state index < -0.39 is 0 Å². The Morgan fingerprint density at radius 3 is 2.74 bits per heavy atom. The maximum absolute atomic E-state index is 5.83. The van der Waals surface area contributed by atoms with E-state index in [4.69, 9.17) is 4.74 Å². The molecule has 1 heterocycles. The number of hydrogen-bond donors (Lipinski definition) is 1. The highest BCUT2D eigenvalue weighted by Gasteiger charge is 2.20. The molecule has 1 aliphatic heterocycles. The smallest absolute Gasteiger partial charge is 0.142 e. The van der Waals surface area contributed by atoms with E-state index >= 15 is 0 Å². The van der Waals surface area contributed by atoms with Gasteiger partial charge in [0.05, 0.1) is 12.3 Å². The van der Waals surface area contributed by atoms with Crippen molar-refractivity contribution in [2.24, 2.45) is 0 Å². The normalized spacial score (nSPS) is 18.2. The molecule has 5 heteroatoms. The molecule has 1 aliphatic rings. The van der Waals surface area contributed by atoms with Gasteiger partial charge in [-0.25, -0.2) is 0 Å². The van der Waals surface area contributed by atoms with Gasteiger partial charge in [0.1, 0.15) is 5.75 Å². The molecule has 0 aromatic heterocycles.